The minimum atomic E-state index is -1.01. The largest absolute Gasteiger partial charge is 0.497 e. The molecular formula is C23H26N2O5. The molecule has 1 heterocycles. The summed E-state index contributed by atoms with van der Waals surface area (Å²) in [5, 5.41) is 14.0. The third kappa shape index (κ3) is 4.99. The maximum absolute atomic E-state index is 12.8. The van der Waals surface area contributed by atoms with Crippen LogP contribution in [0.5, 0.6) is 11.5 Å². The summed E-state index contributed by atoms with van der Waals surface area (Å²) in [6.07, 6.45) is 1.75. The third-order valence-electron chi connectivity index (χ3n) is 4.63. The molecule has 2 aromatic carbocycles. The van der Waals surface area contributed by atoms with Gasteiger partial charge in [0.2, 0.25) is 5.91 Å². The van der Waals surface area contributed by atoms with Crippen LogP contribution in [0.1, 0.15) is 19.4 Å². The second kappa shape index (κ2) is 8.59. The summed E-state index contributed by atoms with van der Waals surface area (Å²) in [7, 11) is 3.11. The average molecular weight is 410 g/mol. The lowest BCUT2D eigenvalue weighted by Crippen LogP contribution is -2.32. The molecule has 0 atom stereocenters. The van der Waals surface area contributed by atoms with Gasteiger partial charge in [0, 0.05) is 28.7 Å². The lowest BCUT2D eigenvalue weighted by Gasteiger charge is -2.19. The minimum absolute atomic E-state index is 0.125. The number of aliphatic hydroxyl groups is 1. The summed E-state index contributed by atoms with van der Waals surface area (Å²) in [5.41, 5.74) is 0.0702. The zero-order valence-electron chi connectivity index (χ0n) is 17.6. The van der Waals surface area contributed by atoms with Crippen molar-refractivity contribution in [3.63, 3.8) is 0 Å². The van der Waals surface area contributed by atoms with E-state index >= 15 is 0 Å². The summed E-state index contributed by atoms with van der Waals surface area (Å²) in [4.78, 5) is 25.4. The smallest absolute Gasteiger partial charge is 0.258 e. The van der Waals surface area contributed by atoms with Crippen molar-refractivity contribution in [2.75, 3.05) is 19.5 Å². The molecule has 2 N–H and O–H groups in total. The van der Waals surface area contributed by atoms with Gasteiger partial charge in [-0.2, -0.15) is 0 Å². The molecule has 0 saturated heterocycles. The highest BCUT2D eigenvalue weighted by Gasteiger charge is 2.16. The van der Waals surface area contributed by atoms with Gasteiger partial charge >= 0.3 is 0 Å². The second-order valence-corrected chi connectivity index (χ2v) is 7.77. The van der Waals surface area contributed by atoms with E-state index < -0.39 is 5.60 Å². The predicted octanol–water partition coefficient (Wildman–Crippen LogP) is 2.97. The van der Waals surface area contributed by atoms with Crippen LogP contribution >= 0.6 is 0 Å². The van der Waals surface area contributed by atoms with Crippen molar-refractivity contribution >= 4 is 22.4 Å². The number of methoxy groups -OCH3 is 2. The van der Waals surface area contributed by atoms with Gasteiger partial charge in [0.05, 0.1) is 32.8 Å². The highest BCUT2D eigenvalue weighted by Crippen LogP contribution is 2.24. The maximum atomic E-state index is 12.8. The molecule has 7 nitrogen and oxygen atoms in total. The first-order valence-corrected chi connectivity index (χ1v) is 9.56. The van der Waals surface area contributed by atoms with Gasteiger partial charge in [-0.15, -0.1) is 0 Å². The van der Waals surface area contributed by atoms with Crippen LogP contribution in [-0.4, -0.2) is 35.4 Å². The number of carbonyl (C=O) groups excluding carboxylic acids is 1. The van der Waals surface area contributed by atoms with Gasteiger partial charge < -0.3 is 24.5 Å². The normalized spacial score (nSPS) is 11.4. The highest BCUT2D eigenvalue weighted by molar-refractivity contribution is 6.02. The van der Waals surface area contributed by atoms with Gasteiger partial charge in [-0.25, -0.2) is 0 Å². The Balaban J connectivity index is 1.86. The zero-order chi connectivity index (χ0) is 21.9. The maximum Gasteiger partial charge on any atom is 0.258 e. The number of ether oxygens (including phenoxy) is 2. The van der Waals surface area contributed by atoms with E-state index in [1.54, 1.807) is 76.7 Å². The Morgan fingerprint density at radius 2 is 1.73 bits per heavy atom. The molecule has 1 amide bonds. The molecule has 0 saturated carbocycles. The Morgan fingerprint density at radius 1 is 1.07 bits per heavy atom. The Hall–Kier alpha value is -3.32. The summed E-state index contributed by atoms with van der Waals surface area (Å²) in [6, 6.07) is 12.3. The van der Waals surface area contributed by atoms with Gasteiger partial charge in [0.15, 0.2) is 0 Å². The summed E-state index contributed by atoms with van der Waals surface area (Å²) in [5.74, 6) is 0.989. The number of fused-ring (bicyclic) bond motifs is 1. The number of amides is 1. The standard InChI is InChI=1S/C23H26N2O5/c1-23(2,28)14-25-9-8-18-19(22(25)27)6-5-7-20(18)24-21(26)12-15-10-16(29-3)13-17(11-15)30-4/h5-11,13,28H,12,14H2,1-4H3,(H,24,26). The zero-order valence-corrected chi connectivity index (χ0v) is 17.6. The molecule has 0 spiro atoms. The van der Waals surface area contributed by atoms with E-state index in [9.17, 15) is 14.7 Å². The molecule has 1 aromatic heterocycles. The van der Waals surface area contributed by atoms with Crippen molar-refractivity contribution in [3.05, 3.63) is 64.6 Å². The van der Waals surface area contributed by atoms with E-state index in [0.29, 0.717) is 28.0 Å². The van der Waals surface area contributed by atoms with Gasteiger partial charge in [0.1, 0.15) is 11.5 Å². The van der Waals surface area contributed by atoms with E-state index in [2.05, 4.69) is 5.32 Å². The molecule has 30 heavy (non-hydrogen) atoms. The fourth-order valence-corrected chi connectivity index (χ4v) is 3.32. The Bertz CT molecular complexity index is 1110. The Morgan fingerprint density at radius 3 is 2.33 bits per heavy atom. The quantitative estimate of drug-likeness (QED) is 0.625. The lowest BCUT2D eigenvalue weighted by atomic mass is 10.1. The first kappa shape index (κ1) is 21.4. The fourth-order valence-electron chi connectivity index (χ4n) is 3.32. The Labute approximate surface area is 174 Å². The molecule has 7 heteroatoms. The van der Waals surface area contributed by atoms with Gasteiger partial charge in [-0.1, -0.05) is 6.07 Å². The van der Waals surface area contributed by atoms with Gasteiger partial charge in [0.25, 0.3) is 5.56 Å². The van der Waals surface area contributed by atoms with Crippen LogP contribution in [0.15, 0.2) is 53.5 Å². The van der Waals surface area contributed by atoms with Crippen LogP contribution in [0.4, 0.5) is 5.69 Å². The number of benzene rings is 2. The number of nitrogens with zero attached hydrogens (tertiary/aromatic N) is 1. The van der Waals surface area contributed by atoms with Crippen molar-refractivity contribution in [1.29, 1.82) is 0 Å². The summed E-state index contributed by atoms with van der Waals surface area (Å²) in [6.45, 7) is 3.47. The van der Waals surface area contributed by atoms with Crippen LogP contribution in [0.25, 0.3) is 10.8 Å². The van der Waals surface area contributed by atoms with Crippen molar-refractivity contribution in [3.8, 4) is 11.5 Å². The molecule has 158 valence electrons. The number of aromatic nitrogens is 1. The van der Waals surface area contributed by atoms with Crippen molar-refractivity contribution in [2.45, 2.75) is 32.4 Å². The SMILES string of the molecule is COc1cc(CC(=O)Nc2cccc3c(=O)n(CC(C)(C)O)ccc23)cc(OC)c1. The molecule has 0 aliphatic heterocycles. The van der Waals surface area contributed by atoms with Gasteiger partial charge in [-0.05, 0) is 49.7 Å². The molecule has 0 unspecified atom stereocenters. The summed E-state index contributed by atoms with van der Waals surface area (Å²) < 4.78 is 12.0. The molecule has 0 aliphatic rings. The fraction of sp³-hybridized carbons (Fsp3) is 0.304. The number of anilines is 1. The number of nitrogens with one attached hydrogen (secondary N) is 1. The van der Waals surface area contributed by atoms with E-state index in [4.69, 9.17) is 9.47 Å². The lowest BCUT2D eigenvalue weighted by molar-refractivity contribution is -0.115. The molecule has 0 aliphatic carbocycles. The van der Waals surface area contributed by atoms with Crippen LogP contribution in [-0.2, 0) is 17.8 Å². The van der Waals surface area contributed by atoms with E-state index in [-0.39, 0.29) is 24.4 Å². The molecule has 0 fully saturated rings. The van der Waals surface area contributed by atoms with Crippen molar-refractivity contribution in [1.82, 2.24) is 4.57 Å². The monoisotopic (exact) mass is 410 g/mol. The second-order valence-electron chi connectivity index (χ2n) is 7.77. The number of pyridine rings is 1. The Kier molecular flexibility index (Phi) is 6.12. The van der Waals surface area contributed by atoms with Crippen molar-refractivity contribution in [2.24, 2.45) is 0 Å². The molecule has 3 rings (SSSR count). The van der Waals surface area contributed by atoms with Gasteiger partial charge in [-0.3, -0.25) is 9.59 Å². The number of rotatable bonds is 7. The van der Waals surface area contributed by atoms with Crippen molar-refractivity contribution < 1.29 is 19.4 Å². The summed E-state index contributed by atoms with van der Waals surface area (Å²) >= 11 is 0. The highest BCUT2D eigenvalue weighted by atomic mass is 16.5. The predicted molar refractivity (Wildman–Crippen MR) is 116 cm³/mol. The first-order valence-electron chi connectivity index (χ1n) is 9.56. The average Bonchev–Trinajstić information content (AvgIpc) is 2.69. The van der Waals surface area contributed by atoms with Crippen LogP contribution in [0.3, 0.4) is 0 Å². The van der Waals surface area contributed by atoms with E-state index in [1.165, 1.54) is 4.57 Å². The van der Waals surface area contributed by atoms with Crippen LogP contribution < -0.4 is 20.3 Å². The third-order valence-corrected chi connectivity index (χ3v) is 4.63. The minimum Gasteiger partial charge on any atom is -0.497 e. The number of hydrogen-bond donors (Lipinski definition) is 2. The molecule has 3 aromatic rings. The van der Waals surface area contributed by atoms with Crippen LogP contribution in [0.2, 0.25) is 0 Å². The van der Waals surface area contributed by atoms with E-state index in [0.717, 1.165) is 5.56 Å². The first-order chi connectivity index (χ1) is 14.2. The molecule has 0 bridgehead atoms. The molecular weight excluding hydrogens is 384 g/mol. The van der Waals surface area contributed by atoms with Crippen LogP contribution in [0, 0.1) is 0 Å². The van der Waals surface area contributed by atoms with E-state index in [1.807, 2.05) is 0 Å². The molecule has 0 radical (unpaired) electrons. The number of hydrogen-bond acceptors (Lipinski definition) is 5. The number of carbonyl (C=O) groups is 1. The topological polar surface area (TPSA) is 89.8 Å².